The molecule has 0 aromatic heterocycles. The van der Waals surface area contributed by atoms with Crippen molar-refractivity contribution in [1.82, 2.24) is 4.90 Å². The second-order valence-electron chi connectivity index (χ2n) is 3.66. The van der Waals surface area contributed by atoms with Gasteiger partial charge in [-0.05, 0) is 25.9 Å². The lowest BCUT2D eigenvalue weighted by molar-refractivity contribution is -0.286. The second kappa shape index (κ2) is 5.85. The number of piperidine rings is 1. The van der Waals surface area contributed by atoms with Gasteiger partial charge >= 0.3 is 18.1 Å². The molecule has 0 saturated carbocycles. The topological polar surface area (TPSA) is 55.8 Å². The van der Waals surface area contributed by atoms with Crippen molar-refractivity contribution in [3.05, 3.63) is 0 Å². The van der Waals surface area contributed by atoms with Crippen LogP contribution in [0.3, 0.4) is 0 Å². The molecule has 98 valence electrons. The molecule has 0 aromatic carbocycles. The maximum atomic E-state index is 11.7. The summed E-state index contributed by atoms with van der Waals surface area (Å²) in [5.41, 5.74) is 0. The molecule has 1 aliphatic heterocycles. The fourth-order valence-electron chi connectivity index (χ4n) is 1.46. The molecule has 1 saturated heterocycles. The Morgan fingerprint density at radius 3 is 2.18 bits per heavy atom. The molecule has 0 spiro atoms. The number of nitrogens with zero attached hydrogens (tertiary/aromatic N) is 1. The van der Waals surface area contributed by atoms with Gasteiger partial charge in [0.15, 0.2) is 0 Å². The summed E-state index contributed by atoms with van der Waals surface area (Å²) in [5, 5.41) is 0. The third-order valence-electron chi connectivity index (χ3n) is 2.24. The van der Waals surface area contributed by atoms with E-state index in [1.807, 2.05) is 0 Å². The number of likely N-dealkylation sites (tertiary alicyclic amines) is 1. The van der Waals surface area contributed by atoms with Crippen LogP contribution in [-0.2, 0) is 19.4 Å². The van der Waals surface area contributed by atoms with Gasteiger partial charge in [0, 0.05) is 0 Å². The minimum atomic E-state index is -5.16. The Morgan fingerprint density at radius 1 is 1.06 bits per heavy atom. The van der Waals surface area contributed by atoms with Crippen LogP contribution in [0.1, 0.15) is 19.3 Å². The molecule has 17 heavy (non-hydrogen) atoms. The zero-order chi connectivity index (χ0) is 12.9. The molecule has 1 fully saturated rings. The number of hydrogen-bond acceptors (Lipinski definition) is 5. The largest absolute Gasteiger partial charge is 0.495 e. The number of carbonyl (C=O) groups is 2. The molecule has 0 aromatic rings. The predicted octanol–water partition coefficient (Wildman–Crippen LogP) is 1.04. The van der Waals surface area contributed by atoms with Crippen LogP contribution in [0.5, 0.6) is 0 Å². The Morgan fingerprint density at radius 2 is 1.65 bits per heavy atom. The number of hydrogen-bond donors (Lipinski definition) is 0. The first-order valence-corrected chi connectivity index (χ1v) is 5.10. The molecule has 0 atom stereocenters. The highest BCUT2D eigenvalue weighted by Crippen LogP contribution is 2.16. The molecule has 8 heteroatoms. The van der Waals surface area contributed by atoms with E-state index in [0.717, 1.165) is 19.3 Å². The maximum Gasteiger partial charge on any atom is 0.495 e. The van der Waals surface area contributed by atoms with E-state index in [9.17, 15) is 22.8 Å². The number of halogens is 3. The van der Waals surface area contributed by atoms with Crippen molar-refractivity contribution in [1.29, 1.82) is 0 Å². The quantitative estimate of drug-likeness (QED) is 0.545. The normalized spacial score (nSPS) is 17.6. The summed E-state index contributed by atoms with van der Waals surface area (Å²) in [6, 6.07) is 0. The molecule has 0 radical (unpaired) electrons. The van der Waals surface area contributed by atoms with Gasteiger partial charge < -0.3 is 0 Å². The molecule has 0 amide bonds. The van der Waals surface area contributed by atoms with Gasteiger partial charge in [0.25, 0.3) is 0 Å². The van der Waals surface area contributed by atoms with Gasteiger partial charge in [-0.1, -0.05) is 6.42 Å². The van der Waals surface area contributed by atoms with E-state index in [4.69, 9.17) is 0 Å². The Kier molecular flexibility index (Phi) is 4.73. The summed E-state index contributed by atoms with van der Waals surface area (Å²) in [6.07, 6.45) is -2.24. The van der Waals surface area contributed by atoms with Crippen LogP contribution in [0.15, 0.2) is 0 Å². The highest BCUT2D eigenvalue weighted by molar-refractivity contribution is 5.77. The Balaban J connectivity index is 2.23. The maximum absolute atomic E-state index is 11.7. The van der Waals surface area contributed by atoms with E-state index in [2.05, 4.69) is 9.78 Å². The first kappa shape index (κ1) is 13.8. The highest BCUT2D eigenvalue weighted by atomic mass is 19.4. The van der Waals surface area contributed by atoms with Crippen LogP contribution in [0.2, 0.25) is 0 Å². The molecule has 0 aliphatic carbocycles. The van der Waals surface area contributed by atoms with E-state index >= 15 is 0 Å². The van der Waals surface area contributed by atoms with E-state index < -0.39 is 18.1 Å². The zero-order valence-corrected chi connectivity index (χ0v) is 8.96. The third-order valence-corrected chi connectivity index (χ3v) is 2.24. The lowest BCUT2D eigenvalue weighted by Crippen LogP contribution is -2.36. The van der Waals surface area contributed by atoms with E-state index in [0.29, 0.717) is 13.1 Å². The average molecular weight is 255 g/mol. The van der Waals surface area contributed by atoms with Crippen molar-refractivity contribution in [2.75, 3.05) is 19.6 Å². The van der Waals surface area contributed by atoms with Gasteiger partial charge in [-0.15, -0.1) is 0 Å². The van der Waals surface area contributed by atoms with Crippen molar-refractivity contribution in [3.8, 4) is 0 Å². The number of rotatable bonds is 2. The minimum absolute atomic E-state index is 0.175. The smallest absolute Gasteiger partial charge is 0.293 e. The number of carbonyl (C=O) groups excluding carboxylic acids is 2. The minimum Gasteiger partial charge on any atom is -0.293 e. The summed E-state index contributed by atoms with van der Waals surface area (Å²) < 4.78 is 35.0. The zero-order valence-electron chi connectivity index (χ0n) is 8.96. The van der Waals surface area contributed by atoms with Gasteiger partial charge in [-0.3, -0.25) is 4.90 Å². The van der Waals surface area contributed by atoms with E-state index in [1.165, 1.54) is 0 Å². The molecule has 5 nitrogen and oxygen atoms in total. The Labute approximate surface area is 95.4 Å². The highest BCUT2D eigenvalue weighted by Gasteiger charge is 2.43. The van der Waals surface area contributed by atoms with Crippen LogP contribution in [-0.4, -0.2) is 42.6 Å². The standard InChI is InChI=1S/C9H12F3NO4/c10-9(11,12)8(15)17-16-7(14)6-13-4-2-1-3-5-13/h1-6H2. The Bertz CT molecular complexity index is 286. The fraction of sp³-hybridized carbons (Fsp3) is 0.778. The fourth-order valence-corrected chi connectivity index (χ4v) is 1.46. The number of alkyl halides is 3. The molecular formula is C9H12F3NO4. The van der Waals surface area contributed by atoms with Crippen LogP contribution < -0.4 is 0 Å². The SMILES string of the molecule is O=C(CN1CCCCC1)OOC(=O)C(F)(F)F. The van der Waals surface area contributed by atoms with Gasteiger partial charge in [-0.25, -0.2) is 19.4 Å². The van der Waals surface area contributed by atoms with Crippen molar-refractivity contribution < 1.29 is 32.5 Å². The molecule has 0 bridgehead atoms. The monoisotopic (exact) mass is 255 g/mol. The summed E-state index contributed by atoms with van der Waals surface area (Å²) in [7, 11) is 0. The van der Waals surface area contributed by atoms with Crippen LogP contribution >= 0.6 is 0 Å². The molecular weight excluding hydrogens is 243 g/mol. The average Bonchev–Trinajstić information content (AvgIpc) is 2.26. The molecule has 1 aliphatic rings. The van der Waals surface area contributed by atoms with Gasteiger partial charge in [-0.2, -0.15) is 13.2 Å². The van der Waals surface area contributed by atoms with Crippen molar-refractivity contribution in [2.24, 2.45) is 0 Å². The summed E-state index contributed by atoms with van der Waals surface area (Å²) >= 11 is 0. The van der Waals surface area contributed by atoms with Crippen LogP contribution in [0.25, 0.3) is 0 Å². The first-order valence-electron chi connectivity index (χ1n) is 5.10. The summed E-state index contributed by atoms with van der Waals surface area (Å²) in [6.45, 7) is 1.19. The molecule has 0 N–H and O–H groups in total. The molecule has 1 rings (SSSR count). The lowest BCUT2D eigenvalue weighted by atomic mass is 10.1. The van der Waals surface area contributed by atoms with Crippen molar-refractivity contribution in [3.63, 3.8) is 0 Å². The van der Waals surface area contributed by atoms with E-state index in [-0.39, 0.29) is 6.54 Å². The van der Waals surface area contributed by atoms with Crippen LogP contribution in [0, 0.1) is 0 Å². The Hall–Kier alpha value is -1.31. The summed E-state index contributed by atoms with van der Waals surface area (Å²) in [5.74, 6) is -3.55. The van der Waals surface area contributed by atoms with Crippen molar-refractivity contribution in [2.45, 2.75) is 25.4 Å². The predicted molar refractivity (Wildman–Crippen MR) is 48.5 cm³/mol. The molecule has 0 unspecified atom stereocenters. The van der Waals surface area contributed by atoms with Gasteiger partial charge in [0.2, 0.25) is 0 Å². The van der Waals surface area contributed by atoms with Crippen molar-refractivity contribution >= 4 is 11.9 Å². The lowest BCUT2D eigenvalue weighted by Gasteiger charge is -2.24. The summed E-state index contributed by atoms with van der Waals surface area (Å²) in [4.78, 5) is 30.1. The second-order valence-corrected chi connectivity index (χ2v) is 3.66. The van der Waals surface area contributed by atoms with Crippen LogP contribution in [0.4, 0.5) is 13.2 Å². The third kappa shape index (κ3) is 5.03. The van der Waals surface area contributed by atoms with Gasteiger partial charge in [0.05, 0.1) is 0 Å². The van der Waals surface area contributed by atoms with Gasteiger partial charge in [0.1, 0.15) is 6.54 Å². The van der Waals surface area contributed by atoms with E-state index in [1.54, 1.807) is 4.90 Å². The molecule has 1 heterocycles. The first-order chi connectivity index (χ1) is 7.89.